The van der Waals surface area contributed by atoms with Crippen LogP contribution >= 0.6 is 0 Å². The molecule has 0 amide bonds. The summed E-state index contributed by atoms with van der Waals surface area (Å²) in [5, 5.41) is 23.6. The first kappa shape index (κ1) is 19.7. The van der Waals surface area contributed by atoms with Gasteiger partial charge in [-0.3, -0.25) is 0 Å². The molecule has 0 heterocycles. The van der Waals surface area contributed by atoms with Crippen molar-refractivity contribution in [2.45, 2.75) is 71.1 Å². The largest absolute Gasteiger partial charge is 0.480 e. The molecule has 0 aliphatic carbocycles. The molecule has 0 fully saturated rings. The van der Waals surface area contributed by atoms with E-state index in [0.29, 0.717) is 6.61 Å². The maximum absolute atomic E-state index is 9.12. The van der Waals surface area contributed by atoms with Crippen molar-refractivity contribution in [2.75, 3.05) is 13.2 Å². The first-order chi connectivity index (χ1) is 8.68. The van der Waals surface area contributed by atoms with Gasteiger partial charge in [0, 0.05) is 6.61 Å². The van der Waals surface area contributed by atoms with Gasteiger partial charge in [0.25, 0.3) is 0 Å². The van der Waals surface area contributed by atoms with Crippen molar-refractivity contribution in [3.05, 3.63) is 0 Å². The summed E-state index contributed by atoms with van der Waals surface area (Å²) >= 11 is 0. The number of aliphatic hydroxyl groups excluding tert-OH is 2. The third-order valence-corrected chi connectivity index (χ3v) is 2.65. The molecule has 0 saturated carbocycles. The Bertz CT molecular complexity index is 150. The van der Waals surface area contributed by atoms with Gasteiger partial charge in [-0.25, -0.2) is 4.79 Å². The number of carboxylic acid groups (broad SMARTS) is 1. The Morgan fingerprint density at radius 3 is 1.39 bits per heavy atom. The van der Waals surface area contributed by atoms with Crippen LogP contribution in [0.1, 0.15) is 71.1 Å². The first-order valence-corrected chi connectivity index (χ1v) is 7.12. The van der Waals surface area contributed by atoms with Gasteiger partial charge in [-0.1, -0.05) is 64.7 Å². The highest BCUT2D eigenvalue weighted by Gasteiger charge is 1.91. The van der Waals surface area contributed by atoms with E-state index in [1.165, 1.54) is 57.8 Å². The predicted octanol–water partition coefficient (Wildman–Crippen LogP) is 2.96. The Hall–Kier alpha value is -0.610. The minimum absolute atomic E-state index is 0.372. The number of aliphatic carboxylic acids is 1. The van der Waals surface area contributed by atoms with Crippen molar-refractivity contribution in [3.8, 4) is 0 Å². The van der Waals surface area contributed by atoms with E-state index in [4.69, 9.17) is 20.1 Å². The van der Waals surface area contributed by atoms with E-state index in [-0.39, 0.29) is 0 Å². The molecule has 0 atom stereocenters. The van der Waals surface area contributed by atoms with Crippen molar-refractivity contribution in [3.63, 3.8) is 0 Å². The molecule has 18 heavy (non-hydrogen) atoms. The number of rotatable bonds is 11. The Morgan fingerprint density at radius 2 is 1.11 bits per heavy atom. The van der Waals surface area contributed by atoms with Gasteiger partial charge in [0.15, 0.2) is 0 Å². The van der Waals surface area contributed by atoms with E-state index in [1.54, 1.807) is 0 Å². The van der Waals surface area contributed by atoms with Crippen LogP contribution in [0.2, 0.25) is 0 Å². The molecule has 4 heteroatoms. The summed E-state index contributed by atoms with van der Waals surface area (Å²) in [4.78, 5) is 9.12. The number of aliphatic hydroxyl groups is 2. The fraction of sp³-hybridized carbons (Fsp3) is 0.929. The van der Waals surface area contributed by atoms with Crippen molar-refractivity contribution >= 4 is 5.97 Å². The third kappa shape index (κ3) is 24.6. The zero-order valence-electron chi connectivity index (χ0n) is 11.7. The van der Waals surface area contributed by atoms with Crippen molar-refractivity contribution in [1.82, 2.24) is 0 Å². The second-order valence-electron chi connectivity index (χ2n) is 4.46. The molecule has 0 aromatic heterocycles. The van der Waals surface area contributed by atoms with Gasteiger partial charge in [-0.15, -0.1) is 0 Å². The molecule has 0 unspecified atom stereocenters. The van der Waals surface area contributed by atoms with Gasteiger partial charge in [0.2, 0.25) is 0 Å². The van der Waals surface area contributed by atoms with Crippen LogP contribution in [-0.2, 0) is 4.79 Å². The zero-order chi connectivity index (χ0) is 14.1. The summed E-state index contributed by atoms with van der Waals surface area (Å²) in [6.45, 7) is 1.85. The molecule has 0 aromatic carbocycles. The average Bonchev–Trinajstić information content (AvgIpc) is 2.37. The topological polar surface area (TPSA) is 77.8 Å². The smallest absolute Gasteiger partial charge is 0.329 e. The standard InChI is InChI=1S/C12H26O.C2H4O3/c1-2-3-4-5-6-7-8-9-10-11-12-13;3-1-2(4)5/h13H,2-12H2,1H3;3H,1H2,(H,4,5). The summed E-state index contributed by atoms with van der Waals surface area (Å²) in [7, 11) is 0. The van der Waals surface area contributed by atoms with Gasteiger partial charge in [-0.2, -0.15) is 0 Å². The number of carbonyl (C=O) groups is 1. The van der Waals surface area contributed by atoms with Crippen LogP contribution in [0.25, 0.3) is 0 Å². The van der Waals surface area contributed by atoms with E-state index < -0.39 is 12.6 Å². The van der Waals surface area contributed by atoms with Crippen molar-refractivity contribution < 1.29 is 20.1 Å². The highest BCUT2D eigenvalue weighted by Crippen LogP contribution is 2.09. The Kier molecular flexibility index (Phi) is 20.5. The summed E-state index contributed by atoms with van der Waals surface area (Å²) in [6, 6.07) is 0. The third-order valence-electron chi connectivity index (χ3n) is 2.65. The predicted molar refractivity (Wildman–Crippen MR) is 73.7 cm³/mol. The lowest BCUT2D eigenvalue weighted by molar-refractivity contribution is -0.140. The molecule has 3 N–H and O–H groups in total. The molecule has 110 valence electrons. The van der Waals surface area contributed by atoms with Crippen LogP contribution in [0.5, 0.6) is 0 Å². The van der Waals surface area contributed by atoms with Crippen LogP contribution in [0.4, 0.5) is 0 Å². The minimum atomic E-state index is -1.19. The molecule has 0 saturated heterocycles. The fourth-order valence-corrected chi connectivity index (χ4v) is 1.60. The molecule has 0 aromatic rings. The van der Waals surface area contributed by atoms with Crippen molar-refractivity contribution in [2.24, 2.45) is 0 Å². The maximum Gasteiger partial charge on any atom is 0.329 e. The molecule has 0 rings (SSSR count). The van der Waals surface area contributed by atoms with Crippen molar-refractivity contribution in [1.29, 1.82) is 0 Å². The lowest BCUT2D eigenvalue weighted by Crippen LogP contribution is -1.98. The highest BCUT2D eigenvalue weighted by atomic mass is 16.4. The van der Waals surface area contributed by atoms with E-state index in [2.05, 4.69) is 6.92 Å². The summed E-state index contributed by atoms with van der Waals surface area (Å²) in [6.07, 6.45) is 13.3. The fourth-order valence-electron chi connectivity index (χ4n) is 1.60. The number of carboxylic acids is 1. The van der Waals surface area contributed by atoms with Gasteiger partial charge in [0.1, 0.15) is 6.61 Å². The highest BCUT2D eigenvalue weighted by molar-refractivity contribution is 5.67. The molecule has 0 radical (unpaired) electrons. The summed E-state index contributed by atoms with van der Waals surface area (Å²) in [5.74, 6) is -1.19. The molecule has 0 spiro atoms. The summed E-state index contributed by atoms with van der Waals surface area (Å²) in [5.41, 5.74) is 0. The van der Waals surface area contributed by atoms with Crippen LogP contribution < -0.4 is 0 Å². The quantitative estimate of drug-likeness (QED) is 0.500. The molecular weight excluding hydrogens is 232 g/mol. The first-order valence-electron chi connectivity index (χ1n) is 7.12. The maximum atomic E-state index is 9.12. The SMILES string of the molecule is CCCCCCCCCCCCO.O=C(O)CO. The number of hydrogen-bond donors (Lipinski definition) is 3. The Balaban J connectivity index is 0. The van der Waals surface area contributed by atoms with Crippen LogP contribution in [-0.4, -0.2) is 34.5 Å². The van der Waals surface area contributed by atoms with Gasteiger partial charge >= 0.3 is 5.97 Å². The van der Waals surface area contributed by atoms with Gasteiger partial charge < -0.3 is 15.3 Å². The monoisotopic (exact) mass is 262 g/mol. The number of unbranched alkanes of at least 4 members (excludes halogenated alkanes) is 9. The second kappa shape index (κ2) is 18.7. The van der Waals surface area contributed by atoms with E-state index >= 15 is 0 Å². The van der Waals surface area contributed by atoms with Gasteiger partial charge in [-0.05, 0) is 6.42 Å². The van der Waals surface area contributed by atoms with E-state index in [1.807, 2.05) is 0 Å². The molecule has 4 nitrogen and oxygen atoms in total. The lowest BCUT2D eigenvalue weighted by Gasteiger charge is -2.00. The lowest BCUT2D eigenvalue weighted by atomic mass is 10.1. The van der Waals surface area contributed by atoms with Crippen LogP contribution in [0.15, 0.2) is 0 Å². The van der Waals surface area contributed by atoms with E-state index in [9.17, 15) is 0 Å². The molecular formula is C14H30O4. The normalized spacial score (nSPS) is 9.72. The van der Waals surface area contributed by atoms with Crippen LogP contribution in [0.3, 0.4) is 0 Å². The molecule has 0 bridgehead atoms. The minimum Gasteiger partial charge on any atom is -0.480 e. The molecule has 0 aliphatic heterocycles. The van der Waals surface area contributed by atoms with E-state index in [0.717, 1.165) is 6.42 Å². The molecule has 0 aliphatic rings. The summed E-state index contributed by atoms with van der Waals surface area (Å²) < 4.78 is 0. The Labute approximate surface area is 111 Å². The zero-order valence-corrected chi connectivity index (χ0v) is 11.7. The van der Waals surface area contributed by atoms with Crippen LogP contribution in [0, 0.1) is 0 Å². The Morgan fingerprint density at radius 1 is 0.778 bits per heavy atom. The number of hydrogen-bond acceptors (Lipinski definition) is 3. The average molecular weight is 262 g/mol. The van der Waals surface area contributed by atoms with Gasteiger partial charge in [0.05, 0.1) is 0 Å². The second-order valence-corrected chi connectivity index (χ2v) is 4.46.